The summed E-state index contributed by atoms with van der Waals surface area (Å²) < 4.78 is 5.56. The Balaban J connectivity index is 2.28. The Morgan fingerprint density at radius 1 is 1.33 bits per heavy atom. The average Bonchev–Trinajstić information content (AvgIpc) is 2.69. The Morgan fingerprint density at radius 3 is 2.56 bits per heavy atom. The van der Waals surface area contributed by atoms with Crippen molar-refractivity contribution >= 4 is 17.9 Å². The van der Waals surface area contributed by atoms with Crippen molar-refractivity contribution in [1.29, 1.82) is 0 Å². The Morgan fingerprint density at radius 2 is 2.00 bits per heavy atom. The third kappa shape index (κ3) is 2.48. The van der Waals surface area contributed by atoms with Gasteiger partial charge in [-0.3, -0.25) is 4.90 Å². The maximum absolute atomic E-state index is 12.0. The number of amides is 1. The van der Waals surface area contributed by atoms with E-state index in [1.165, 1.54) is 0 Å². The molecular weight excluding hydrogens is 246 g/mol. The Kier molecular flexibility index (Phi) is 4.17. The lowest BCUT2D eigenvalue weighted by Gasteiger charge is -2.27. The maximum Gasteiger partial charge on any atom is 0.411 e. The summed E-state index contributed by atoms with van der Waals surface area (Å²) in [6.07, 6.45) is 1.66. The van der Waals surface area contributed by atoms with E-state index in [1.54, 1.807) is 11.8 Å². The highest BCUT2D eigenvalue weighted by atomic mass is 32.2. The summed E-state index contributed by atoms with van der Waals surface area (Å²) in [5.74, 6) is 1.05. The van der Waals surface area contributed by atoms with E-state index in [-0.39, 0.29) is 18.2 Å². The van der Waals surface area contributed by atoms with Crippen molar-refractivity contribution < 1.29 is 9.53 Å². The smallest absolute Gasteiger partial charge is 0.411 e. The summed E-state index contributed by atoms with van der Waals surface area (Å²) in [5.41, 5.74) is 1.08. The molecule has 2 rings (SSSR count). The van der Waals surface area contributed by atoms with E-state index in [0.717, 1.165) is 5.56 Å². The fourth-order valence-electron chi connectivity index (χ4n) is 2.43. The van der Waals surface area contributed by atoms with Crippen molar-refractivity contribution in [3.63, 3.8) is 0 Å². The van der Waals surface area contributed by atoms with Gasteiger partial charge in [0.05, 0.1) is 11.9 Å². The predicted molar refractivity (Wildman–Crippen MR) is 74.5 cm³/mol. The average molecular weight is 265 g/mol. The molecule has 0 aromatic heterocycles. The zero-order valence-electron chi connectivity index (χ0n) is 11.0. The van der Waals surface area contributed by atoms with Crippen molar-refractivity contribution in [3.05, 3.63) is 35.9 Å². The molecule has 2 atom stereocenters. The van der Waals surface area contributed by atoms with Crippen molar-refractivity contribution in [2.45, 2.75) is 26.0 Å². The second-order valence-electron chi connectivity index (χ2n) is 4.84. The summed E-state index contributed by atoms with van der Waals surface area (Å²) in [4.78, 5) is 13.8. The van der Waals surface area contributed by atoms with Crippen LogP contribution in [-0.4, -0.2) is 29.2 Å². The van der Waals surface area contributed by atoms with Gasteiger partial charge in [0.2, 0.25) is 0 Å². The third-order valence-electron chi connectivity index (χ3n) is 3.21. The standard InChI is InChI=1S/C14H19NO2S/c1-10(2)12-13(11-7-5-4-6-8-11)17-14(16)15(12)9-18-3/h4-8,10,12-13H,9H2,1-3H3/t12-,13+/m0/s1. The van der Waals surface area contributed by atoms with Gasteiger partial charge in [0.15, 0.2) is 0 Å². The molecule has 0 radical (unpaired) electrons. The zero-order valence-corrected chi connectivity index (χ0v) is 11.8. The van der Waals surface area contributed by atoms with E-state index in [0.29, 0.717) is 11.8 Å². The summed E-state index contributed by atoms with van der Waals surface area (Å²) in [6, 6.07) is 10.1. The first-order valence-electron chi connectivity index (χ1n) is 6.16. The molecule has 3 nitrogen and oxygen atoms in total. The predicted octanol–water partition coefficient (Wildman–Crippen LogP) is 3.53. The van der Waals surface area contributed by atoms with E-state index in [4.69, 9.17) is 4.74 Å². The molecule has 1 saturated heterocycles. The van der Waals surface area contributed by atoms with Crippen LogP contribution in [0, 0.1) is 5.92 Å². The molecule has 0 N–H and O–H groups in total. The lowest BCUT2D eigenvalue weighted by Crippen LogP contribution is -2.37. The van der Waals surface area contributed by atoms with Crippen LogP contribution in [0.4, 0.5) is 4.79 Å². The number of thioether (sulfide) groups is 1. The van der Waals surface area contributed by atoms with E-state index in [1.807, 2.05) is 41.5 Å². The second-order valence-corrected chi connectivity index (χ2v) is 5.67. The van der Waals surface area contributed by atoms with Crippen molar-refractivity contribution in [1.82, 2.24) is 4.90 Å². The van der Waals surface area contributed by atoms with Gasteiger partial charge >= 0.3 is 6.09 Å². The number of cyclic esters (lactones) is 1. The van der Waals surface area contributed by atoms with Gasteiger partial charge in [0.1, 0.15) is 6.10 Å². The normalized spacial score (nSPS) is 23.6. The first kappa shape index (κ1) is 13.3. The lowest BCUT2D eigenvalue weighted by atomic mass is 9.93. The van der Waals surface area contributed by atoms with Gasteiger partial charge in [-0.25, -0.2) is 4.79 Å². The number of ether oxygens (including phenoxy) is 1. The minimum atomic E-state index is -0.197. The molecule has 1 amide bonds. The van der Waals surface area contributed by atoms with Crippen LogP contribution >= 0.6 is 11.8 Å². The molecule has 0 bridgehead atoms. The first-order valence-corrected chi connectivity index (χ1v) is 7.55. The van der Waals surface area contributed by atoms with Gasteiger partial charge in [-0.05, 0) is 17.7 Å². The van der Waals surface area contributed by atoms with Crippen LogP contribution in [0.5, 0.6) is 0 Å². The van der Waals surface area contributed by atoms with Crippen molar-refractivity contribution in [2.75, 3.05) is 12.1 Å². The number of carbonyl (C=O) groups is 1. The van der Waals surface area contributed by atoms with E-state index < -0.39 is 0 Å². The monoisotopic (exact) mass is 265 g/mol. The molecule has 98 valence electrons. The van der Waals surface area contributed by atoms with Crippen LogP contribution in [0.1, 0.15) is 25.5 Å². The highest BCUT2D eigenvalue weighted by Crippen LogP contribution is 2.36. The molecule has 4 heteroatoms. The fourth-order valence-corrected chi connectivity index (χ4v) is 2.98. The number of nitrogens with zero attached hydrogens (tertiary/aromatic N) is 1. The zero-order chi connectivity index (χ0) is 13.1. The Labute approximate surface area is 113 Å². The minimum Gasteiger partial charge on any atom is -0.439 e. The van der Waals surface area contributed by atoms with Crippen molar-refractivity contribution in [3.8, 4) is 0 Å². The molecule has 1 aromatic rings. The van der Waals surface area contributed by atoms with Crippen LogP contribution in [0.25, 0.3) is 0 Å². The molecule has 1 aliphatic heterocycles. The number of hydrogen-bond donors (Lipinski definition) is 0. The summed E-state index contributed by atoms with van der Waals surface area (Å²) in [5, 5.41) is 0. The largest absolute Gasteiger partial charge is 0.439 e. The van der Waals surface area contributed by atoms with Gasteiger partial charge in [0, 0.05) is 0 Å². The second kappa shape index (κ2) is 5.65. The topological polar surface area (TPSA) is 29.5 Å². The molecule has 0 spiro atoms. The van der Waals surface area contributed by atoms with E-state index >= 15 is 0 Å². The van der Waals surface area contributed by atoms with Gasteiger partial charge in [-0.2, -0.15) is 0 Å². The highest BCUT2D eigenvalue weighted by Gasteiger charge is 2.43. The molecule has 0 saturated carbocycles. The van der Waals surface area contributed by atoms with E-state index in [9.17, 15) is 4.79 Å². The van der Waals surface area contributed by atoms with Crippen LogP contribution in [0.2, 0.25) is 0 Å². The third-order valence-corrected chi connectivity index (χ3v) is 3.75. The lowest BCUT2D eigenvalue weighted by molar-refractivity contribution is 0.126. The molecule has 18 heavy (non-hydrogen) atoms. The summed E-state index contributed by atoms with van der Waals surface area (Å²) >= 11 is 1.65. The summed E-state index contributed by atoms with van der Waals surface area (Å²) in [6.45, 7) is 4.27. The SMILES string of the molecule is CSCN1C(=O)O[C@H](c2ccccc2)[C@@H]1C(C)C. The van der Waals surface area contributed by atoms with Crippen LogP contribution in [0.15, 0.2) is 30.3 Å². The quantitative estimate of drug-likeness (QED) is 0.834. The van der Waals surface area contributed by atoms with Crippen LogP contribution < -0.4 is 0 Å². The van der Waals surface area contributed by atoms with Crippen LogP contribution in [-0.2, 0) is 4.74 Å². The van der Waals surface area contributed by atoms with Crippen molar-refractivity contribution in [2.24, 2.45) is 5.92 Å². The van der Waals surface area contributed by atoms with Gasteiger partial charge < -0.3 is 4.74 Å². The number of benzene rings is 1. The maximum atomic E-state index is 12.0. The molecule has 1 aromatic carbocycles. The molecule has 1 aliphatic rings. The van der Waals surface area contributed by atoms with Crippen LogP contribution in [0.3, 0.4) is 0 Å². The summed E-state index contributed by atoms with van der Waals surface area (Å²) in [7, 11) is 0. The van der Waals surface area contributed by atoms with Gasteiger partial charge in [-0.1, -0.05) is 44.2 Å². The van der Waals surface area contributed by atoms with Gasteiger partial charge in [-0.15, -0.1) is 11.8 Å². The Hall–Kier alpha value is -1.16. The number of hydrogen-bond acceptors (Lipinski definition) is 3. The number of rotatable bonds is 4. The fraction of sp³-hybridized carbons (Fsp3) is 0.500. The van der Waals surface area contributed by atoms with Gasteiger partial charge in [0.25, 0.3) is 0 Å². The van der Waals surface area contributed by atoms with E-state index in [2.05, 4.69) is 13.8 Å². The molecule has 1 heterocycles. The Bertz CT molecular complexity index is 408. The molecule has 0 unspecified atom stereocenters. The minimum absolute atomic E-state index is 0.118. The first-order chi connectivity index (χ1) is 8.65. The highest BCUT2D eigenvalue weighted by molar-refractivity contribution is 7.98. The molecular formula is C14H19NO2S. The number of carbonyl (C=O) groups excluding carboxylic acids is 1. The molecule has 1 fully saturated rings. The molecule has 0 aliphatic carbocycles.